The lowest BCUT2D eigenvalue weighted by Crippen LogP contribution is -2.05. The van der Waals surface area contributed by atoms with E-state index in [9.17, 15) is 4.79 Å². The van der Waals surface area contributed by atoms with E-state index >= 15 is 0 Å². The minimum absolute atomic E-state index is 0.326. The molecule has 1 aromatic heterocycles. The van der Waals surface area contributed by atoms with Crippen molar-refractivity contribution in [1.29, 1.82) is 0 Å². The van der Waals surface area contributed by atoms with Gasteiger partial charge in [-0.2, -0.15) is 0 Å². The molecule has 4 nitrogen and oxygen atoms in total. The van der Waals surface area contributed by atoms with Gasteiger partial charge in [-0.25, -0.2) is 9.78 Å². The number of aromatic nitrogens is 1. The van der Waals surface area contributed by atoms with Gasteiger partial charge in [-0.3, -0.25) is 0 Å². The molecule has 110 valence electrons. The predicted molar refractivity (Wildman–Crippen MR) is 84.6 cm³/mol. The first-order valence-corrected chi connectivity index (χ1v) is 7.94. The number of thiazole rings is 1. The number of anilines is 2. The highest BCUT2D eigenvalue weighted by molar-refractivity contribution is 7.17. The number of hydrogen-bond acceptors (Lipinski definition) is 5. The first-order valence-electron chi connectivity index (χ1n) is 7.12. The molecule has 2 aromatic rings. The summed E-state index contributed by atoms with van der Waals surface area (Å²) < 4.78 is 4.77. The molecule has 0 bridgehead atoms. The maximum Gasteiger partial charge on any atom is 0.350 e. The summed E-state index contributed by atoms with van der Waals surface area (Å²) in [7, 11) is 1.39. The van der Waals surface area contributed by atoms with Crippen molar-refractivity contribution in [3.63, 3.8) is 0 Å². The van der Waals surface area contributed by atoms with Crippen LogP contribution in [0, 0.1) is 6.92 Å². The Kier molecular flexibility index (Phi) is 3.92. The summed E-state index contributed by atoms with van der Waals surface area (Å²) in [4.78, 5) is 16.6. The summed E-state index contributed by atoms with van der Waals surface area (Å²) >= 11 is 1.34. The SMILES string of the molecule is COC(=O)c1sc(Nc2cccc3c2CCCC3)nc1C. The smallest absolute Gasteiger partial charge is 0.350 e. The molecule has 21 heavy (non-hydrogen) atoms. The summed E-state index contributed by atoms with van der Waals surface area (Å²) in [6.45, 7) is 1.83. The van der Waals surface area contributed by atoms with Crippen LogP contribution >= 0.6 is 11.3 Å². The van der Waals surface area contributed by atoms with Crippen LogP contribution in [0.4, 0.5) is 10.8 Å². The molecule has 1 aromatic carbocycles. The van der Waals surface area contributed by atoms with Gasteiger partial charge in [0.1, 0.15) is 4.88 Å². The number of ether oxygens (including phenoxy) is 1. The van der Waals surface area contributed by atoms with Gasteiger partial charge in [0.2, 0.25) is 0 Å². The quantitative estimate of drug-likeness (QED) is 0.875. The van der Waals surface area contributed by atoms with Crippen molar-refractivity contribution in [2.45, 2.75) is 32.6 Å². The largest absolute Gasteiger partial charge is 0.465 e. The zero-order chi connectivity index (χ0) is 14.8. The Morgan fingerprint density at radius 2 is 2.14 bits per heavy atom. The van der Waals surface area contributed by atoms with Crippen molar-refractivity contribution in [2.75, 3.05) is 12.4 Å². The minimum Gasteiger partial charge on any atom is -0.465 e. The lowest BCUT2D eigenvalue weighted by Gasteiger charge is -2.19. The molecule has 1 aliphatic carbocycles. The van der Waals surface area contributed by atoms with Crippen molar-refractivity contribution in [3.05, 3.63) is 39.9 Å². The van der Waals surface area contributed by atoms with Crippen LogP contribution in [0.3, 0.4) is 0 Å². The van der Waals surface area contributed by atoms with Gasteiger partial charge in [0, 0.05) is 5.69 Å². The fraction of sp³-hybridized carbons (Fsp3) is 0.375. The van der Waals surface area contributed by atoms with Gasteiger partial charge in [0.25, 0.3) is 0 Å². The first-order chi connectivity index (χ1) is 10.2. The third-order valence-corrected chi connectivity index (χ3v) is 4.86. The van der Waals surface area contributed by atoms with Gasteiger partial charge in [-0.15, -0.1) is 0 Å². The molecule has 0 unspecified atom stereocenters. The monoisotopic (exact) mass is 302 g/mol. The van der Waals surface area contributed by atoms with Gasteiger partial charge in [0.05, 0.1) is 12.8 Å². The number of esters is 1. The Morgan fingerprint density at radius 3 is 2.95 bits per heavy atom. The topological polar surface area (TPSA) is 51.2 Å². The number of carbonyl (C=O) groups is 1. The fourth-order valence-corrected chi connectivity index (χ4v) is 3.64. The van der Waals surface area contributed by atoms with Crippen molar-refractivity contribution >= 4 is 28.1 Å². The number of nitrogens with one attached hydrogen (secondary N) is 1. The molecule has 0 radical (unpaired) electrons. The molecule has 0 spiro atoms. The molecule has 0 fully saturated rings. The second-order valence-corrected chi connectivity index (χ2v) is 6.20. The average molecular weight is 302 g/mol. The lowest BCUT2D eigenvalue weighted by molar-refractivity contribution is 0.0605. The molecule has 0 aliphatic heterocycles. The summed E-state index contributed by atoms with van der Waals surface area (Å²) in [6.07, 6.45) is 4.75. The van der Waals surface area contributed by atoms with E-state index in [4.69, 9.17) is 4.74 Å². The lowest BCUT2D eigenvalue weighted by atomic mass is 9.90. The normalized spacial score (nSPS) is 13.6. The fourth-order valence-electron chi connectivity index (χ4n) is 2.75. The predicted octanol–water partition coefficient (Wildman–Crippen LogP) is 3.86. The van der Waals surface area contributed by atoms with E-state index in [1.54, 1.807) is 0 Å². The molecule has 5 heteroatoms. The van der Waals surface area contributed by atoms with E-state index < -0.39 is 0 Å². The van der Waals surface area contributed by atoms with Crippen LogP contribution in [0.5, 0.6) is 0 Å². The van der Waals surface area contributed by atoms with Crippen LogP contribution in [0.2, 0.25) is 0 Å². The number of fused-ring (bicyclic) bond motifs is 1. The molecular weight excluding hydrogens is 284 g/mol. The molecule has 1 N–H and O–H groups in total. The summed E-state index contributed by atoms with van der Waals surface area (Å²) in [5.74, 6) is -0.326. The van der Waals surface area contributed by atoms with E-state index in [2.05, 4.69) is 28.5 Å². The summed E-state index contributed by atoms with van der Waals surface area (Å²) in [6, 6.07) is 6.36. The zero-order valence-corrected chi connectivity index (χ0v) is 13.0. The number of rotatable bonds is 3. The molecule has 0 saturated carbocycles. The zero-order valence-electron chi connectivity index (χ0n) is 12.2. The van der Waals surface area contributed by atoms with Crippen LogP contribution in [0.25, 0.3) is 0 Å². The second-order valence-electron chi connectivity index (χ2n) is 5.20. The van der Waals surface area contributed by atoms with Crippen molar-refractivity contribution in [3.8, 4) is 0 Å². The van der Waals surface area contributed by atoms with Crippen LogP contribution < -0.4 is 5.32 Å². The standard InChI is InChI=1S/C16H18N2O2S/c1-10-14(15(19)20-2)21-16(17-10)18-13-9-5-7-11-6-3-4-8-12(11)13/h5,7,9H,3-4,6,8H2,1-2H3,(H,17,18). The van der Waals surface area contributed by atoms with Gasteiger partial charge >= 0.3 is 5.97 Å². The summed E-state index contributed by atoms with van der Waals surface area (Å²) in [5.41, 5.74) is 4.63. The van der Waals surface area contributed by atoms with Crippen molar-refractivity contribution in [2.24, 2.45) is 0 Å². The van der Waals surface area contributed by atoms with E-state index in [-0.39, 0.29) is 5.97 Å². The first kappa shape index (κ1) is 14.1. The number of benzene rings is 1. The van der Waals surface area contributed by atoms with Crippen LogP contribution in [-0.4, -0.2) is 18.1 Å². The molecule has 3 rings (SSSR count). The number of hydrogen-bond donors (Lipinski definition) is 1. The molecule has 0 atom stereocenters. The van der Waals surface area contributed by atoms with E-state index in [1.165, 1.54) is 42.4 Å². The van der Waals surface area contributed by atoms with Crippen molar-refractivity contribution < 1.29 is 9.53 Å². The van der Waals surface area contributed by atoms with Crippen molar-refractivity contribution in [1.82, 2.24) is 4.98 Å². The van der Waals surface area contributed by atoms with E-state index in [0.29, 0.717) is 10.6 Å². The molecule has 0 saturated heterocycles. The van der Waals surface area contributed by atoms with Crippen LogP contribution in [0.15, 0.2) is 18.2 Å². The molecular formula is C16H18N2O2S. The number of nitrogens with zero attached hydrogens (tertiary/aromatic N) is 1. The Morgan fingerprint density at radius 1 is 1.33 bits per heavy atom. The maximum absolute atomic E-state index is 11.7. The third-order valence-electron chi connectivity index (χ3n) is 3.80. The molecule has 1 heterocycles. The van der Waals surface area contributed by atoms with E-state index in [1.807, 2.05) is 6.92 Å². The Bertz CT molecular complexity index is 679. The molecule has 0 amide bonds. The highest BCUT2D eigenvalue weighted by Crippen LogP contribution is 2.32. The Labute approximate surface area is 128 Å². The highest BCUT2D eigenvalue weighted by Gasteiger charge is 2.17. The van der Waals surface area contributed by atoms with Crippen LogP contribution in [-0.2, 0) is 17.6 Å². The number of aryl methyl sites for hydroxylation is 2. The Hall–Kier alpha value is -1.88. The number of carbonyl (C=O) groups excluding carboxylic acids is 1. The van der Waals surface area contributed by atoms with Gasteiger partial charge in [-0.1, -0.05) is 23.5 Å². The third kappa shape index (κ3) is 2.78. The number of methoxy groups -OCH3 is 1. The maximum atomic E-state index is 11.7. The molecule has 1 aliphatic rings. The average Bonchev–Trinajstić information content (AvgIpc) is 2.87. The Balaban J connectivity index is 1.89. The highest BCUT2D eigenvalue weighted by atomic mass is 32.1. The minimum atomic E-state index is -0.326. The van der Waals surface area contributed by atoms with Gasteiger partial charge < -0.3 is 10.1 Å². The summed E-state index contributed by atoms with van der Waals surface area (Å²) in [5, 5.41) is 4.11. The van der Waals surface area contributed by atoms with Crippen LogP contribution in [0.1, 0.15) is 39.3 Å². The van der Waals surface area contributed by atoms with Gasteiger partial charge in [0.15, 0.2) is 5.13 Å². The second kappa shape index (κ2) is 5.85. The van der Waals surface area contributed by atoms with Gasteiger partial charge in [-0.05, 0) is 49.8 Å². The van der Waals surface area contributed by atoms with E-state index in [0.717, 1.165) is 23.7 Å².